The number of rotatable bonds is 45. The Morgan fingerprint density at radius 2 is 0.698 bits per heavy atom. The number of amides is 1. The first-order valence-electron chi connectivity index (χ1n) is 24.4. The number of aliphatic hydroxyl groups excluding tert-OH is 2. The lowest BCUT2D eigenvalue weighted by Gasteiger charge is -2.20. The zero-order chi connectivity index (χ0) is 38.6. The predicted octanol–water partition coefficient (Wildman–Crippen LogP) is 15.4. The Bertz CT molecular complexity index is 725. The van der Waals surface area contributed by atoms with Crippen molar-refractivity contribution in [2.75, 3.05) is 6.61 Å². The average molecular weight is 748 g/mol. The Morgan fingerprint density at radius 1 is 0.434 bits per heavy atom. The summed E-state index contributed by atoms with van der Waals surface area (Å²) in [5.74, 6) is -0.0576. The lowest BCUT2D eigenvalue weighted by atomic mass is 10.0. The highest BCUT2D eigenvalue weighted by molar-refractivity contribution is 5.76. The largest absolute Gasteiger partial charge is 0.394 e. The lowest BCUT2D eigenvalue weighted by Crippen LogP contribution is -2.45. The minimum absolute atomic E-state index is 0.0576. The van der Waals surface area contributed by atoms with Crippen LogP contribution in [0.1, 0.15) is 277 Å². The summed E-state index contributed by atoms with van der Waals surface area (Å²) >= 11 is 0. The molecule has 2 atom stereocenters. The van der Waals surface area contributed by atoms with E-state index in [1.165, 1.54) is 231 Å². The first-order valence-corrected chi connectivity index (χ1v) is 24.4. The number of nitrogens with one attached hydrogen (secondary N) is 1. The lowest BCUT2D eigenvalue weighted by molar-refractivity contribution is -0.123. The Hall–Kier alpha value is -0.870. The molecule has 0 spiro atoms. The summed E-state index contributed by atoms with van der Waals surface area (Å²) in [6, 6.07) is -0.617. The van der Waals surface area contributed by atoms with Crippen LogP contribution in [0.5, 0.6) is 0 Å². The molecule has 316 valence electrons. The molecule has 0 aromatic carbocycles. The van der Waals surface area contributed by atoms with E-state index in [1.54, 1.807) is 6.08 Å². The molecule has 2 unspecified atom stereocenters. The Morgan fingerprint density at radius 3 is 0.981 bits per heavy atom. The normalized spacial score (nSPS) is 12.9. The van der Waals surface area contributed by atoms with Crippen molar-refractivity contribution in [1.82, 2.24) is 5.32 Å². The van der Waals surface area contributed by atoms with Crippen molar-refractivity contribution >= 4 is 5.91 Å². The van der Waals surface area contributed by atoms with E-state index in [0.29, 0.717) is 6.42 Å². The molecule has 0 heterocycles. The molecule has 0 saturated carbocycles. The predicted molar refractivity (Wildman–Crippen MR) is 235 cm³/mol. The van der Waals surface area contributed by atoms with Crippen molar-refractivity contribution < 1.29 is 15.0 Å². The molecule has 0 aliphatic carbocycles. The minimum Gasteiger partial charge on any atom is -0.394 e. The number of hydrogen-bond acceptors (Lipinski definition) is 3. The third-order valence-corrected chi connectivity index (χ3v) is 11.5. The number of unbranched alkanes of at least 4 members (excludes halogenated alkanes) is 38. The molecule has 0 saturated heterocycles. The molecule has 0 radical (unpaired) electrons. The molecule has 0 fully saturated rings. The van der Waals surface area contributed by atoms with E-state index in [2.05, 4.69) is 19.2 Å². The summed E-state index contributed by atoms with van der Waals surface area (Å²) in [5, 5.41) is 23.1. The van der Waals surface area contributed by atoms with Gasteiger partial charge in [-0.25, -0.2) is 0 Å². The van der Waals surface area contributed by atoms with E-state index in [1.807, 2.05) is 6.08 Å². The van der Waals surface area contributed by atoms with E-state index in [9.17, 15) is 15.0 Å². The number of carbonyl (C=O) groups excluding carboxylic acids is 1. The van der Waals surface area contributed by atoms with Crippen molar-refractivity contribution in [3.63, 3.8) is 0 Å². The molecule has 53 heavy (non-hydrogen) atoms. The number of allylic oxidation sites excluding steroid dienone is 1. The quantitative estimate of drug-likeness (QED) is 0.0429. The van der Waals surface area contributed by atoms with E-state index in [-0.39, 0.29) is 12.5 Å². The van der Waals surface area contributed by atoms with Crippen LogP contribution in [0.3, 0.4) is 0 Å². The van der Waals surface area contributed by atoms with Gasteiger partial charge in [-0.2, -0.15) is 0 Å². The van der Waals surface area contributed by atoms with E-state index < -0.39 is 12.1 Å². The zero-order valence-corrected chi connectivity index (χ0v) is 36.3. The maximum absolute atomic E-state index is 12.4. The van der Waals surface area contributed by atoms with Gasteiger partial charge in [-0.1, -0.05) is 264 Å². The van der Waals surface area contributed by atoms with Gasteiger partial charge in [0.2, 0.25) is 5.91 Å². The summed E-state index contributed by atoms with van der Waals surface area (Å²) in [6.07, 6.45) is 57.7. The molecule has 0 rings (SSSR count). The molecule has 0 aromatic heterocycles. The van der Waals surface area contributed by atoms with Crippen LogP contribution in [0, 0.1) is 0 Å². The van der Waals surface area contributed by atoms with Crippen LogP contribution in [-0.2, 0) is 4.79 Å². The van der Waals surface area contributed by atoms with Crippen LogP contribution < -0.4 is 5.32 Å². The molecule has 3 N–H and O–H groups in total. The van der Waals surface area contributed by atoms with Crippen molar-refractivity contribution in [2.24, 2.45) is 0 Å². The SMILES string of the molecule is CCCCCCCCCCCCCCCCCCC/C=C/C(O)C(CO)NC(=O)CCCCCCCCCCCCCCCCCCCCCCCC. The van der Waals surface area contributed by atoms with Crippen molar-refractivity contribution in [2.45, 2.75) is 289 Å². The molecule has 0 bridgehead atoms. The minimum atomic E-state index is -0.834. The topological polar surface area (TPSA) is 69.6 Å². The first kappa shape index (κ1) is 52.1. The average Bonchev–Trinajstić information content (AvgIpc) is 3.16. The summed E-state index contributed by atoms with van der Waals surface area (Å²) < 4.78 is 0. The fraction of sp³-hybridized carbons (Fsp3) is 0.939. The van der Waals surface area contributed by atoms with Gasteiger partial charge in [0.1, 0.15) is 0 Å². The highest BCUT2D eigenvalue weighted by atomic mass is 16.3. The van der Waals surface area contributed by atoms with Crippen LogP contribution in [0.2, 0.25) is 0 Å². The standard InChI is InChI=1S/C49H97NO3/c1-3-5-7-9-11-13-15-17-19-21-23-24-25-27-29-31-33-35-37-39-41-43-45-49(53)50-47(46-51)48(52)44-42-40-38-36-34-32-30-28-26-22-20-18-16-14-12-10-8-6-4-2/h42,44,47-48,51-52H,3-41,43,45-46H2,1-2H3,(H,50,53)/b44-42+. The molecular weight excluding hydrogens is 651 g/mol. The fourth-order valence-corrected chi connectivity index (χ4v) is 7.77. The van der Waals surface area contributed by atoms with Gasteiger partial charge in [0, 0.05) is 6.42 Å². The zero-order valence-electron chi connectivity index (χ0n) is 36.3. The number of carbonyl (C=O) groups is 1. The van der Waals surface area contributed by atoms with Gasteiger partial charge in [-0.05, 0) is 19.3 Å². The maximum atomic E-state index is 12.4. The Labute approximate surface area is 333 Å². The monoisotopic (exact) mass is 748 g/mol. The van der Waals surface area contributed by atoms with Gasteiger partial charge in [-0.3, -0.25) is 4.79 Å². The smallest absolute Gasteiger partial charge is 0.220 e. The molecular formula is C49H97NO3. The van der Waals surface area contributed by atoms with Crippen LogP contribution in [-0.4, -0.2) is 34.9 Å². The highest BCUT2D eigenvalue weighted by Gasteiger charge is 2.18. The van der Waals surface area contributed by atoms with Crippen molar-refractivity contribution in [3.8, 4) is 0 Å². The van der Waals surface area contributed by atoms with Gasteiger partial charge in [0.15, 0.2) is 0 Å². The third kappa shape index (κ3) is 42.1. The van der Waals surface area contributed by atoms with Crippen molar-refractivity contribution in [1.29, 1.82) is 0 Å². The van der Waals surface area contributed by atoms with Crippen molar-refractivity contribution in [3.05, 3.63) is 12.2 Å². The summed E-state index contributed by atoms with van der Waals surface area (Å²) in [6.45, 7) is 4.34. The summed E-state index contributed by atoms with van der Waals surface area (Å²) in [4.78, 5) is 12.4. The molecule has 4 nitrogen and oxygen atoms in total. The van der Waals surface area contributed by atoms with Crippen LogP contribution >= 0.6 is 0 Å². The molecule has 0 aliphatic heterocycles. The Balaban J connectivity index is 3.49. The molecule has 1 amide bonds. The number of hydrogen-bond donors (Lipinski definition) is 3. The second-order valence-corrected chi connectivity index (χ2v) is 16.9. The molecule has 0 aromatic rings. The second kappa shape index (κ2) is 45.5. The summed E-state index contributed by atoms with van der Waals surface area (Å²) in [7, 11) is 0. The second-order valence-electron chi connectivity index (χ2n) is 16.9. The van der Waals surface area contributed by atoms with Crippen LogP contribution in [0.25, 0.3) is 0 Å². The molecule has 4 heteroatoms. The van der Waals surface area contributed by atoms with Crippen LogP contribution in [0.4, 0.5) is 0 Å². The van der Waals surface area contributed by atoms with Gasteiger partial charge in [0.05, 0.1) is 18.8 Å². The van der Waals surface area contributed by atoms with Gasteiger partial charge in [-0.15, -0.1) is 0 Å². The number of aliphatic hydroxyl groups is 2. The van der Waals surface area contributed by atoms with E-state index >= 15 is 0 Å². The van der Waals surface area contributed by atoms with E-state index in [0.717, 1.165) is 25.7 Å². The van der Waals surface area contributed by atoms with Gasteiger partial charge < -0.3 is 15.5 Å². The fourth-order valence-electron chi connectivity index (χ4n) is 7.77. The summed E-state index contributed by atoms with van der Waals surface area (Å²) in [5.41, 5.74) is 0. The molecule has 0 aliphatic rings. The maximum Gasteiger partial charge on any atom is 0.220 e. The van der Waals surface area contributed by atoms with Gasteiger partial charge in [0.25, 0.3) is 0 Å². The van der Waals surface area contributed by atoms with Gasteiger partial charge >= 0.3 is 0 Å². The van der Waals surface area contributed by atoms with Crippen LogP contribution in [0.15, 0.2) is 12.2 Å². The Kier molecular flexibility index (Phi) is 44.8. The van der Waals surface area contributed by atoms with E-state index in [4.69, 9.17) is 0 Å². The first-order chi connectivity index (χ1) is 26.2. The highest BCUT2D eigenvalue weighted by Crippen LogP contribution is 2.17. The third-order valence-electron chi connectivity index (χ3n) is 11.5.